The quantitative estimate of drug-likeness (QED) is 0.646. The Morgan fingerprint density at radius 1 is 0.947 bits per heavy atom. The lowest BCUT2D eigenvalue weighted by Crippen LogP contribution is -2.22. The van der Waals surface area contributed by atoms with Crippen molar-refractivity contribution in [3.05, 3.63) is 40.4 Å². The third-order valence-corrected chi connectivity index (χ3v) is 3.21. The molecule has 0 bridgehead atoms. The predicted octanol–water partition coefficient (Wildman–Crippen LogP) is 4.25. The van der Waals surface area contributed by atoms with Gasteiger partial charge in [-0.3, -0.25) is 9.59 Å². The van der Waals surface area contributed by atoms with E-state index in [0.29, 0.717) is 5.69 Å². The van der Waals surface area contributed by atoms with E-state index in [9.17, 15) is 9.59 Å². The summed E-state index contributed by atoms with van der Waals surface area (Å²) in [4.78, 5) is 23.2. The fourth-order valence-electron chi connectivity index (χ4n) is 1.03. The van der Waals surface area contributed by atoms with Crippen molar-refractivity contribution < 1.29 is 9.59 Å². The summed E-state index contributed by atoms with van der Waals surface area (Å²) in [5, 5.41) is 1.24. The van der Waals surface area contributed by atoms with Gasteiger partial charge >= 0.3 is 0 Å². The Bertz CT molecular complexity index is 522. The molecule has 0 spiro atoms. The average molecular weight is 361 g/mol. The second-order valence-corrected chi connectivity index (χ2v) is 6.31. The number of anilines is 1. The maximum Gasteiger partial charge on any atom is 0.268 e. The van der Waals surface area contributed by atoms with Gasteiger partial charge in [-0.15, -0.1) is 0 Å². The fourth-order valence-corrected chi connectivity index (χ4v) is 1.82. The zero-order valence-electron chi connectivity index (χ0n) is 9.09. The number of rotatable bonds is 3. The molecular weight excluding hydrogens is 355 g/mol. The van der Waals surface area contributed by atoms with Gasteiger partial charge in [0.1, 0.15) is 10.1 Å². The molecule has 0 aliphatic rings. The Hall–Kier alpha value is -0.450. The standard InChI is InChI=1S/C11H6Cl5NO2/c12-7(9(18)11(14,15)16)8(13)10(19)17-6-4-2-1-3-5-6/h1-5H,(H,17,19)/b8-7-. The van der Waals surface area contributed by atoms with Crippen molar-refractivity contribution in [2.24, 2.45) is 0 Å². The highest BCUT2D eigenvalue weighted by Crippen LogP contribution is 2.33. The lowest BCUT2D eigenvalue weighted by molar-refractivity contribution is -0.115. The molecule has 1 aromatic carbocycles. The van der Waals surface area contributed by atoms with Gasteiger partial charge in [-0.1, -0.05) is 76.2 Å². The Kier molecular flexibility index (Phi) is 5.96. The number of hydrogen-bond acceptors (Lipinski definition) is 2. The van der Waals surface area contributed by atoms with Crippen molar-refractivity contribution in [1.82, 2.24) is 0 Å². The maximum absolute atomic E-state index is 11.7. The van der Waals surface area contributed by atoms with Crippen LogP contribution in [0.4, 0.5) is 5.69 Å². The summed E-state index contributed by atoms with van der Waals surface area (Å²) in [6, 6.07) is 8.45. The number of amides is 1. The van der Waals surface area contributed by atoms with Crippen LogP contribution in [-0.4, -0.2) is 15.5 Å². The Morgan fingerprint density at radius 2 is 1.47 bits per heavy atom. The summed E-state index contributed by atoms with van der Waals surface area (Å²) in [6.45, 7) is 0. The highest BCUT2D eigenvalue weighted by Gasteiger charge is 2.35. The molecule has 1 aromatic rings. The van der Waals surface area contributed by atoms with E-state index >= 15 is 0 Å². The minimum atomic E-state index is -2.27. The number of allylic oxidation sites excluding steroid dienone is 1. The average Bonchev–Trinajstić information content (AvgIpc) is 2.36. The van der Waals surface area contributed by atoms with Crippen LogP contribution in [0, 0.1) is 0 Å². The summed E-state index contributed by atoms with van der Waals surface area (Å²) >= 11 is 27.4. The third kappa shape index (κ3) is 4.86. The van der Waals surface area contributed by atoms with Gasteiger partial charge in [0.15, 0.2) is 0 Å². The van der Waals surface area contributed by atoms with Crippen molar-refractivity contribution in [1.29, 1.82) is 0 Å². The lowest BCUT2D eigenvalue weighted by Gasteiger charge is -2.10. The molecule has 8 heteroatoms. The molecule has 3 nitrogen and oxygen atoms in total. The first-order valence-corrected chi connectivity index (χ1v) is 6.65. The number of benzene rings is 1. The Labute approximate surface area is 134 Å². The maximum atomic E-state index is 11.7. The van der Waals surface area contributed by atoms with Crippen LogP contribution in [0.1, 0.15) is 0 Å². The zero-order valence-corrected chi connectivity index (χ0v) is 12.9. The normalized spacial score (nSPS) is 12.7. The first-order chi connectivity index (χ1) is 8.73. The Morgan fingerprint density at radius 3 is 1.95 bits per heavy atom. The zero-order chi connectivity index (χ0) is 14.6. The molecule has 19 heavy (non-hydrogen) atoms. The molecule has 0 saturated heterocycles. The molecule has 0 aromatic heterocycles. The monoisotopic (exact) mass is 359 g/mol. The molecule has 0 radical (unpaired) electrons. The minimum absolute atomic E-state index is 0.483. The SMILES string of the molecule is O=C(Nc1ccccc1)/C(Cl)=C(/Cl)C(=O)C(Cl)(Cl)Cl. The van der Waals surface area contributed by atoms with Gasteiger partial charge in [-0.2, -0.15) is 0 Å². The molecule has 1 N–H and O–H groups in total. The van der Waals surface area contributed by atoms with E-state index in [1.165, 1.54) is 0 Å². The number of alkyl halides is 3. The number of carbonyl (C=O) groups excluding carboxylic acids is 2. The molecule has 0 heterocycles. The fraction of sp³-hybridized carbons (Fsp3) is 0.0909. The van der Waals surface area contributed by atoms with Crippen LogP contribution in [0.5, 0.6) is 0 Å². The van der Waals surface area contributed by atoms with Gasteiger partial charge in [0, 0.05) is 5.69 Å². The summed E-state index contributed by atoms with van der Waals surface area (Å²) < 4.78 is -2.27. The van der Waals surface area contributed by atoms with Crippen LogP contribution >= 0.6 is 58.0 Å². The van der Waals surface area contributed by atoms with Crippen molar-refractivity contribution >= 4 is 75.4 Å². The summed E-state index contributed by atoms with van der Waals surface area (Å²) in [7, 11) is 0. The number of carbonyl (C=O) groups is 2. The van der Waals surface area contributed by atoms with Gasteiger partial charge in [-0.25, -0.2) is 0 Å². The lowest BCUT2D eigenvalue weighted by atomic mass is 10.3. The van der Waals surface area contributed by atoms with Crippen LogP contribution in [0.25, 0.3) is 0 Å². The van der Waals surface area contributed by atoms with Crippen molar-refractivity contribution in [2.45, 2.75) is 3.79 Å². The molecule has 0 unspecified atom stereocenters. The number of nitrogens with one attached hydrogen (secondary N) is 1. The van der Waals surface area contributed by atoms with E-state index in [-0.39, 0.29) is 0 Å². The summed E-state index contributed by atoms with van der Waals surface area (Å²) in [5.41, 5.74) is 0.483. The molecule has 0 aliphatic heterocycles. The highest BCUT2D eigenvalue weighted by molar-refractivity contribution is 6.79. The van der Waals surface area contributed by atoms with Crippen molar-refractivity contribution in [3.8, 4) is 0 Å². The van der Waals surface area contributed by atoms with Gasteiger partial charge in [-0.05, 0) is 12.1 Å². The topological polar surface area (TPSA) is 46.2 Å². The van der Waals surface area contributed by atoms with E-state index in [1.54, 1.807) is 30.3 Å². The van der Waals surface area contributed by atoms with Gasteiger partial charge in [0.2, 0.25) is 5.78 Å². The van der Waals surface area contributed by atoms with Crippen LogP contribution in [-0.2, 0) is 9.59 Å². The molecule has 0 fully saturated rings. The van der Waals surface area contributed by atoms with E-state index in [1.807, 2.05) is 0 Å². The molecule has 0 atom stereocenters. The molecule has 1 rings (SSSR count). The first kappa shape index (κ1) is 16.6. The molecular formula is C11H6Cl5NO2. The molecule has 0 saturated carbocycles. The second kappa shape index (κ2) is 6.82. The first-order valence-electron chi connectivity index (χ1n) is 4.76. The number of halogens is 5. The summed E-state index contributed by atoms with van der Waals surface area (Å²) in [5.74, 6) is -1.85. The number of para-hydroxylation sites is 1. The Balaban J connectivity index is 2.90. The van der Waals surface area contributed by atoms with Gasteiger partial charge in [0.25, 0.3) is 9.70 Å². The number of ketones is 1. The minimum Gasteiger partial charge on any atom is -0.321 e. The van der Waals surface area contributed by atoms with E-state index in [2.05, 4.69) is 5.32 Å². The molecule has 1 amide bonds. The molecule has 102 valence electrons. The van der Waals surface area contributed by atoms with E-state index < -0.39 is 25.5 Å². The number of hydrogen-bond donors (Lipinski definition) is 1. The largest absolute Gasteiger partial charge is 0.321 e. The van der Waals surface area contributed by atoms with Gasteiger partial charge in [0.05, 0.1) is 0 Å². The van der Waals surface area contributed by atoms with Gasteiger partial charge < -0.3 is 5.32 Å². The van der Waals surface area contributed by atoms with E-state index in [4.69, 9.17) is 58.0 Å². The van der Waals surface area contributed by atoms with Crippen LogP contribution in [0.15, 0.2) is 40.4 Å². The highest BCUT2D eigenvalue weighted by atomic mass is 35.6. The second-order valence-electron chi connectivity index (χ2n) is 3.27. The van der Waals surface area contributed by atoms with Crippen LogP contribution < -0.4 is 5.32 Å². The van der Waals surface area contributed by atoms with Crippen LogP contribution in [0.2, 0.25) is 0 Å². The predicted molar refractivity (Wildman–Crippen MR) is 79.1 cm³/mol. The number of Topliss-reactive ketones (excluding diaryl/α,β-unsaturated/α-hetero) is 1. The van der Waals surface area contributed by atoms with E-state index in [0.717, 1.165) is 0 Å². The van der Waals surface area contributed by atoms with Crippen molar-refractivity contribution in [2.75, 3.05) is 5.32 Å². The smallest absolute Gasteiger partial charge is 0.268 e. The third-order valence-electron chi connectivity index (χ3n) is 1.88. The van der Waals surface area contributed by atoms with Crippen LogP contribution in [0.3, 0.4) is 0 Å². The molecule has 0 aliphatic carbocycles. The van der Waals surface area contributed by atoms with Crippen molar-refractivity contribution in [3.63, 3.8) is 0 Å². The summed E-state index contributed by atoms with van der Waals surface area (Å²) in [6.07, 6.45) is 0.